The second-order valence-corrected chi connectivity index (χ2v) is 6.37. The van der Waals surface area contributed by atoms with E-state index in [4.69, 9.17) is 15.2 Å². The van der Waals surface area contributed by atoms with Crippen molar-refractivity contribution in [2.75, 3.05) is 6.79 Å². The number of benzene rings is 1. The van der Waals surface area contributed by atoms with Crippen LogP contribution in [0.5, 0.6) is 11.5 Å². The topological polar surface area (TPSA) is 44.5 Å². The lowest BCUT2D eigenvalue weighted by atomic mass is 9.75. The van der Waals surface area contributed by atoms with Crippen LogP contribution in [0.2, 0.25) is 0 Å². The molecular weight excluding hydrogens is 306 g/mol. The van der Waals surface area contributed by atoms with Gasteiger partial charge in [-0.3, -0.25) is 0 Å². The fourth-order valence-corrected chi connectivity index (χ4v) is 3.85. The molecule has 3 nitrogen and oxygen atoms in total. The molecule has 1 heterocycles. The van der Waals surface area contributed by atoms with E-state index in [1.54, 1.807) is 0 Å². The smallest absolute Gasteiger partial charge is 0.231 e. The van der Waals surface area contributed by atoms with E-state index in [-0.39, 0.29) is 5.54 Å². The van der Waals surface area contributed by atoms with Gasteiger partial charge < -0.3 is 15.2 Å². The van der Waals surface area contributed by atoms with E-state index >= 15 is 0 Å². The van der Waals surface area contributed by atoms with Crippen LogP contribution in [0.15, 0.2) is 10.5 Å². The molecule has 0 aromatic heterocycles. The van der Waals surface area contributed by atoms with E-state index in [2.05, 4.69) is 28.9 Å². The summed E-state index contributed by atoms with van der Waals surface area (Å²) < 4.78 is 12.2. The number of hydrogen-bond donors (Lipinski definition) is 1. The van der Waals surface area contributed by atoms with E-state index in [1.165, 1.54) is 30.4 Å². The van der Waals surface area contributed by atoms with Crippen LogP contribution in [-0.4, -0.2) is 6.79 Å². The fourth-order valence-electron chi connectivity index (χ4n) is 3.33. The molecule has 2 N–H and O–H groups in total. The normalized spacial score (nSPS) is 20.6. The van der Waals surface area contributed by atoms with Crippen LogP contribution < -0.4 is 15.2 Å². The molecule has 0 atom stereocenters. The van der Waals surface area contributed by atoms with Gasteiger partial charge in [-0.25, -0.2) is 0 Å². The average Bonchev–Trinajstić information content (AvgIpc) is 2.89. The minimum atomic E-state index is -0.201. The number of halogens is 1. The summed E-state index contributed by atoms with van der Waals surface area (Å²) in [6.45, 7) is 2.46. The number of ether oxygens (including phenoxy) is 2. The second kappa shape index (κ2) is 4.98. The van der Waals surface area contributed by atoms with Crippen molar-refractivity contribution in [2.45, 2.75) is 51.0 Å². The Hall–Kier alpha value is -0.740. The van der Waals surface area contributed by atoms with Crippen LogP contribution in [0.3, 0.4) is 0 Å². The maximum atomic E-state index is 6.70. The molecular formula is C15H20BrNO2. The lowest BCUT2D eigenvalue weighted by Gasteiger charge is -2.36. The van der Waals surface area contributed by atoms with Crippen molar-refractivity contribution in [2.24, 2.45) is 5.73 Å². The lowest BCUT2D eigenvalue weighted by Crippen LogP contribution is -2.39. The third kappa shape index (κ3) is 2.15. The molecule has 4 heteroatoms. The van der Waals surface area contributed by atoms with Gasteiger partial charge in [-0.2, -0.15) is 0 Å². The van der Waals surface area contributed by atoms with Gasteiger partial charge in [0.05, 0.1) is 4.47 Å². The van der Waals surface area contributed by atoms with E-state index in [0.29, 0.717) is 6.79 Å². The quantitative estimate of drug-likeness (QED) is 0.897. The monoisotopic (exact) mass is 325 g/mol. The standard InChI is InChI=1S/C15H20BrNO2/c1-2-10-11(15(17)6-4-3-5-7-15)8-12(16)14-13(10)18-9-19-14/h8H,2-7,9,17H2,1H3. The van der Waals surface area contributed by atoms with Gasteiger partial charge in [0.1, 0.15) is 0 Å². The Labute approximate surface area is 122 Å². The highest BCUT2D eigenvalue weighted by molar-refractivity contribution is 9.10. The van der Waals surface area contributed by atoms with Gasteiger partial charge in [0.25, 0.3) is 0 Å². The van der Waals surface area contributed by atoms with Gasteiger partial charge in [0.15, 0.2) is 11.5 Å². The summed E-state index contributed by atoms with van der Waals surface area (Å²) in [5.41, 5.74) is 8.97. The zero-order valence-electron chi connectivity index (χ0n) is 11.3. The summed E-state index contributed by atoms with van der Waals surface area (Å²) in [7, 11) is 0. The third-order valence-electron chi connectivity index (χ3n) is 4.34. The largest absolute Gasteiger partial charge is 0.453 e. The van der Waals surface area contributed by atoms with Gasteiger partial charge in [0.2, 0.25) is 6.79 Å². The van der Waals surface area contributed by atoms with Gasteiger partial charge >= 0.3 is 0 Å². The van der Waals surface area contributed by atoms with Crippen LogP contribution in [0.4, 0.5) is 0 Å². The highest BCUT2D eigenvalue weighted by Gasteiger charge is 2.35. The third-order valence-corrected chi connectivity index (χ3v) is 4.92. The molecule has 1 saturated carbocycles. The number of rotatable bonds is 2. The first-order valence-corrected chi connectivity index (χ1v) is 7.85. The van der Waals surface area contributed by atoms with Gasteiger partial charge in [0, 0.05) is 11.1 Å². The Kier molecular flexibility index (Phi) is 3.48. The SMILES string of the molecule is CCc1c(C2(N)CCCCC2)cc(Br)c2c1OCO2. The van der Waals surface area contributed by atoms with Gasteiger partial charge in [-0.05, 0) is 46.8 Å². The fraction of sp³-hybridized carbons (Fsp3) is 0.600. The molecule has 0 spiro atoms. The van der Waals surface area contributed by atoms with E-state index < -0.39 is 0 Å². The van der Waals surface area contributed by atoms with E-state index in [1.807, 2.05) is 0 Å². The Balaban J connectivity index is 2.13. The van der Waals surface area contributed by atoms with Crippen molar-refractivity contribution in [1.82, 2.24) is 0 Å². The Morgan fingerprint density at radius 1 is 1.21 bits per heavy atom. The second-order valence-electron chi connectivity index (χ2n) is 5.52. The summed E-state index contributed by atoms with van der Waals surface area (Å²) >= 11 is 3.59. The molecule has 0 amide bonds. The predicted octanol–water partition coefficient (Wildman–Crippen LogP) is 3.86. The van der Waals surface area contributed by atoms with Crippen molar-refractivity contribution >= 4 is 15.9 Å². The highest BCUT2D eigenvalue weighted by atomic mass is 79.9. The molecule has 2 aliphatic rings. The first-order valence-electron chi connectivity index (χ1n) is 7.06. The lowest BCUT2D eigenvalue weighted by molar-refractivity contribution is 0.172. The molecule has 1 aliphatic heterocycles. The Morgan fingerprint density at radius 3 is 2.58 bits per heavy atom. The number of fused-ring (bicyclic) bond motifs is 1. The summed E-state index contributed by atoms with van der Waals surface area (Å²) in [4.78, 5) is 0. The summed E-state index contributed by atoms with van der Waals surface area (Å²) in [6.07, 6.45) is 6.77. The highest BCUT2D eigenvalue weighted by Crippen LogP contribution is 2.48. The van der Waals surface area contributed by atoms with Crippen molar-refractivity contribution in [3.05, 3.63) is 21.7 Å². The molecule has 0 saturated heterocycles. The predicted molar refractivity (Wildman–Crippen MR) is 78.6 cm³/mol. The van der Waals surface area contributed by atoms with Crippen LogP contribution in [0.25, 0.3) is 0 Å². The minimum Gasteiger partial charge on any atom is -0.453 e. The van der Waals surface area contributed by atoms with Crippen molar-refractivity contribution in [3.8, 4) is 11.5 Å². The maximum Gasteiger partial charge on any atom is 0.231 e. The van der Waals surface area contributed by atoms with Gasteiger partial charge in [-0.1, -0.05) is 26.2 Å². The molecule has 1 aromatic rings. The molecule has 0 radical (unpaired) electrons. The number of nitrogens with two attached hydrogens (primary N) is 1. The molecule has 1 aliphatic carbocycles. The van der Waals surface area contributed by atoms with Crippen LogP contribution in [0, 0.1) is 0 Å². The Morgan fingerprint density at radius 2 is 1.89 bits per heavy atom. The van der Waals surface area contributed by atoms with E-state index in [9.17, 15) is 0 Å². The van der Waals surface area contributed by atoms with Crippen molar-refractivity contribution < 1.29 is 9.47 Å². The first-order chi connectivity index (χ1) is 9.15. The molecule has 19 heavy (non-hydrogen) atoms. The average molecular weight is 326 g/mol. The summed E-state index contributed by atoms with van der Waals surface area (Å²) in [5, 5.41) is 0. The maximum absolute atomic E-state index is 6.70. The van der Waals surface area contributed by atoms with Crippen molar-refractivity contribution in [3.63, 3.8) is 0 Å². The van der Waals surface area contributed by atoms with Crippen LogP contribution in [-0.2, 0) is 12.0 Å². The zero-order chi connectivity index (χ0) is 13.5. The van der Waals surface area contributed by atoms with Crippen LogP contribution in [0.1, 0.15) is 50.2 Å². The van der Waals surface area contributed by atoms with Gasteiger partial charge in [-0.15, -0.1) is 0 Å². The van der Waals surface area contributed by atoms with E-state index in [0.717, 1.165) is 35.2 Å². The molecule has 0 bridgehead atoms. The summed E-state index contributed by atoms with van der Waals surface area (Å²) in [5.74, 6) is 1.72. The molecule has 3 rings (SSSR count). The molecule has 1 fully saturated rings. The summed E-state index contributed by atoms with van der Waals surface area (Å²) in [6, 6.07) is 2.15. The Bertz CT molecular complexity index is 495. The minimum absolute atomic E-state index is 0.201. The molecule has 104 valence electrons. The molecule has 0 unspecified atom stereocenters. The zero-order valence-corrected chi connectivity index (χ0v) is 12.9. The van der Waals surface area contributed by atoms with Crippen molar-refractivity contribution in [1.29, 1.82) is 0 Å². The molecule has 1 aromatic carbocycles. The number of hydrogen-bond acceptors (Lipinski definition) is 3. The van der Waals surface area contributed by atoms with Crippen LogP contribution >= 0.6 is 15.9 Å². The first kappa shape index (κ1) is 13.3.